The summed E-state index contributed by atoms with van der Waals surface area (Å²) >= 11 is 0. The number of nitrogens with zero attached hydrogens (tertiary/aromatic N) is 2. The first kappa shape index (κ1) is 10.7. The molecule has 1 aromatic heterocycles. The van der Waals surface area contributed by atoms with Gasteiger partial charge in [0.2, 0.25) is 0 Å². The SMILES string of the molecule is ON1CCC(c2noc3cc(F)ccc23)CC1. The molecular weight excluding hydrogens is 223 g/mol. The minimum absolute atomic E-state index is 0.283. The summed E-state index contributed by atoms with van der Waals surface area (Å²) in [6.45, 7) is 1.28. The molecule has 17 heavy (non-hydrogen) atoms. The van der Waals surface area contributed by atoms with Crippen LogP contribution in [0.5, 0.6) is 0 Å². The van der Waals surface area contributed by atoms with Crippen LogP contribution in [0, 0.1) is 5.82 Å². The Morgan fingerprint density at radius 3 is 2.88 bits per heavy atom. The van der Waals surface area contributed by atoms with Gasteiger partial charge in [0.15, 0.2) is 5.58 Å². The Kier molecular flexibility index (Phi) is 2.57. The van der Waals surface area contributed by atoms with E-state index in [4.69, 9.17) is 4.52 Å². The first-order valence-electron chi connectivity index (χ1n) is 5.72. The largest absolute Gasteiger partial charge is 0.356 e. The molecule has 0 aliphatic carbocycles. The number of hydrogen-bond acceptors (Lipinski definition) is 4. The molecule has 1 aliphatic heterocycles. The van der Waals surface area contributed by atoms with Gasteiger partial charge in [-0.1, -0.05) is 5.16 Å². The van der Waals surface area contributed by atoms with Gasteiger partial charge in [0.1, 0.15) is 5.82 Å². The maximum absolute atomic E-state index is 13.0. The van der Waals surface area contributed by atoms with Crippen LogP contribution in [0.15, 0.2) is 22.7 Å². The summed E-state index contributed by atoms with van der Waals surface area (Å²) in [5, 5.41) is 15.6. The average Bonchev–Trinajstić information content (AvgIpc) is 2.73. The first-order chi connectivity index (χ1) is 8.24. The topological polar surface area (TPSA) is 49.5 Å². The molecule has 0 spiro atoms. The number of hydrogen-bond donors (Lipinski definition) is 1. The molecule has 1 N–H and O–H groups in total. The zero-order valence-electron chi connectivity index (χ0n) is 9.27. The summed E-state index contributed by atoms with van der Waals surface area (Å²) in [6, 6.07) is 4.49. The monoisotopic (exact) mass is 236 g/mol. The number of fused-ring (bicyclic) bond motifs is 1. The van der Waals surface area contributed by atoms with Crippen molar-refractivity contribution in [2.45, 2.75) is 18.8 Å². The van der Waals surface area contributed by atoms with E-state index in [0.717, 1.165) is 23.9 Å². The van der Waals surface area contributed by atoms with E-state index in [1.807, 2.05) is 0 Å². The van der Waals surface area contributed by atoms with Crippen LogP contribution in [0.3, 0.4) is 0 Å². The fraction of sp³-hybridized carbons (Fsp3) is 0.417. The van der Waals surface area contributed by atoms with Crippen LogP contribution in [0.4, 0.5) is 4.39 Å². The van der Waals surface area contributed by atoms with Crippen molar-refractivity contribution in [3.8, 4) is 0 Å². The van der Waals surface area contributed by atoms with Gasteiger partial charge < -0.3 is 9.73 Å². The fourth-order valence-corrected chi connectivity index (χ4v) is 2.36. The molecule has 0 amide bonds. The highest BCUT2D eigenvalue weighted by Gasteiger charge is 2.24. The molecule has 90 valence electrons. The third kappa shape index (κ3) is 1.92. The molecule has 0 unspecified atom stereocenters. The van der Waals surface area contributed by atoms with E-state index in [9.17, 15) is 9.60 Å². The minimum atomic E-state index is -0.314. The van der Waals surface area contributed by atoms with E-state index in [2.05, 4.69) is 5.16 Å². The zero-order valence-corrected chi connectivity index (χ0v) is 9.27. The molecule has 0 radical (unpaired) electrons. The fourth-order valence-electron chi connectivity index (χ4n) is 2.36. The summed E-state index contributed by atoms with van der Waals surface area (Å²) in [5.41, 5.74) is 1.37. The smallest absolute Gasteiger partial charge is 0.170 e. The number of hydroxylamine groups is 2. The Balaban J connectivity index is 1.95. The third-order valence-corrected chi connectivity index (χ3v) is 3.32. The predicted molar refractivity (Wildman–Crippen MR) is 59.3 cm³/mol. The van der Waals surface area contributed by atoms with Gasteiger partial charge in [-0.3, -0.25) is 0 Å². The van der Waals surface area contributed by atoms with E-state index in [-0.39, 0.29) is 11.7 Å². The Labute approximate surface area is 97.6 Å². The van der Waals surface area contributed by atoms with Crippen molar-refractivity contribution < 1.29 is 14.1 Å². The Morgan fingerprint density at radius 2 is 2.12 bits per heavy atom. The van der Waals surface area contributed by atoms with Crippen LogP contribution in [0.1, 0.15) is 24.5 Å². The van der Waals surface area contributed by atoms with Crippen molar-refractivity contribution in [3.63, 3.8) is 0 Å². The second-order valence-corrected chi connectivity index (χ2v) is 4.44. The molecule has 0 bridgehead atoms. The van der Waals surface area contributed by atoms with E-state index in [1.54, 1.807) is 6.07 Å². The highest BCUT2D eigenvalue weighted by Crippen LogP contribution is 2.32. The van der Waals surface area contributed by atoms with Crippen molar-refractivity contribution in [1.29, 1.82) is 0 Å². The van der Waals surface area contributed by atoms with Gasteiger partial charge in [0.25, 0.3) is 0 Å². The Bertz CT molecular complexity index is 532. The van der Waals surface area contributed by atoms with Gasteiger partial charge in [-0.25, -0.2) is 4.39 Å². The number of piperidine rings is 1. The average molecular weight is 236 g/mol. The molecule has 4 nitrogen and oxygen atoms in total. The lowest BCUT2D eigenvalue weighted by atomic mass is 9.92. The van der Waals surface area contributed by atoms with Crippen molar-refractivity contribution in [1.82, 2.24) is 10.2 Å². The van der Waals surface area contributed by atoms with Crippen LogP contribution in [0.25, 0.3) is 11.0 Å². The van der Waals surface area contributed by atoms with Crippen molar-refractivity contribution in [2.24, 2.45) is 0 Å². The summed E-state index contributed by atoms with van der Waals surface area (Å²) in [4.78, 5) is 0. The maximum Gasteiger partial charge on any atom is 0.170 e. The quantitative estimate of drug-likeness (QED) is 0.826. The van der Waals surface area contributed by atoms with Crippen LogP contribution < -0.4 is 0 Å². The van der Waals surface area contributed by atoms with Crippen LogP contribution in [-0.2, 0) is 0 Å². The van der Waals surface area contributed by atoms with Gasteiger partial charge >= 0.3 is 0 Å². The van der Waals surface area contributed by atoms with Crippen LogP contribution >= 0.6 is 0 Å². The molecule has 5 heteroatoms. The van der Waals surface area contributed by atoms with Crippen LogP contribution in [-0.4, -0.2) is 28.5 Å². The Hall–Kier alpha value is -1.46. The van der Waals surface area contributed by atoms with Crippen molar-refractivity contribution in [3.05, 3.63) is 29.7 Å². The van der Waals surface area contributed by atoms with Gasteiger partial charge in [0, 0.05) is 30.5 Å². The summed E-state index contributed by atoms with van der Waals surface area (Å²) in [5.74, 6) is -0.0320. The molecule has 0 atom stereocenters. The van der Waals surface area contributed by atoms with Crippen molar-refractivity contribution in [2.75, 3.05) is 13.1 Å². The lowest BCUT2D eigenvalue weighted by molar-refractivity contribution is -0.106. The van der Waals surface area contributed by atoms with E-state index < -0.39 is 0 Å². The lowest BCUT2D eigenvalue weighted by Crippen LogP contribution is -2.29. The van der Waals surface area contributed by atoms with E-state index >= 15 is 0 Å². The number of benzene rings is 1. The van der Waals surface area contributed by atoms with Gasteiger partial charge in [-0.05, 0) is 25.0 Å². The summed E-state index contributed by atoms with van der Waals surface area (Å²) in [7, 11) is 0. The molecule has 2 aromatic rings. The number of aromatic nitrogens is 1. The second-order valence-electron chi connectivity index (χ2n) is 4.44. The molecule has 1 fully saturated rings. The molecule has 2 heterocycles. The minimum Gasteiger partial charge on any atom is -0.356 e. The molecule has 1 aromatic carbocycles. The zero-order chi connectivity index (χ0) is 11.8. The highest BCUT2D eigenvalue weighted by atomic mass is 19.1. The first-order valence-corrected chi connectivity index (χ1v) is 5.72. The van der Waals surface area contributed by atoms with Crippen LogP contribution in [0.2, 0.25) is 0 Å². The number of halogens is 1. The van der Waals surface area contributed by atoms with Gasteiger partial charge in [-0.2, -0.15) is 5.06 Å². The molecule has 1 saturated heterocycles. The summed E-state index contributed by atoms with van der Waals surface area (Å²) < 4.78 is 18.2. The Morgan fingerprint density at radius 1 is 1.35 bits per heavy atom. The predicted octanol–water partition coefficient (Wildman–Crippen LogP) is 2.54. The standard InChI is InChI=1S/C12H13FN2O2/c13-9-1-2-10-11(7-9)17-14-12(10)8-3-5-15(16)6-4-8/h1-2,7-8,16H,3-6H2. The maximum atomic E-state index is 13.0. The van der Waals surface area contributed by atoms with Gasteiger partial charge in [0.05, 0.1) is 5.69 Å². The number of rotatable bonds is 1. The lowest BCUT2D eigenvalue weighted by Gasteiger charge is -2.26. The van der Waals surface area contributed by atoms with Gasteiger partial charge in [-0.15, -0.1) is 0 Å². The highest BCUT2D eigenvalue weighted by molar-refractivity contribution is 5.79. The summed E-state index contributed by atoms with van der Waals surface area (Å²) in [6.07, 6.45) is 1.69. The normalized spacial score (nSPS) is 18.9. The van der Waals surface area contributed by atoms with E-state index in [0.29, 0.717) is 18.7 Å². The third-order valence-electron chi connectivity index (χ3n) is 3.32. The molecular formula is C12H13FN2O2. The molecule has 1 aliphatic rings. The van der Waals surface area contributed by atoms with E-state index in [1.165, 1.54) is 17.2 Å². The van der Waals surface area contributed by atoms with Crippen molar-refractivity contribution >= 4 is 11.0 Å². The molecule has 3 rings (SSSR count). The second kappa shape index (κ2) is 4.09. The molecule has 0 saturated carbocycles.